The van der Waals surface area contributed by atoms with E-state index in [1.165, 1.54) is 0 Å². The van der Waals surface area contributed by atoms with E-state index in [-0.39, 0.29) is 6.17 Å². The Morgan fingerprint density at radius 2 is 1.88 bits per heavy atom. The highest BCUT2D eigenvalue weighted by Crippen LogP contribution is 1.73. The molecule has 52 valence electrons. The van der Waals surface area contributed by atoms with Crippen molar-refractivity contribution in [2.45, 2.75) is 33.4 Å². The molecule has 1 atom stereocenters. The van der Waals surface area contributed by atoms with Crippen LogP contribution >= 0.6 is 0 Å². The molecule has 1 unspecified atom stereocenters. The zero-order valence-electron chi connectivity index (χ0n) is 6.36. The molecule has 0 radical (unpaired) electrons. The van der Waals surface area contributed by atoms with E-state index < -0.39 is 0 Å². The molecule has 8 heavy (non-hydrogen) atoms. The summed E-state index contributed by atoms with van der Waals surface area (Å²) >= 11 is 0. The summed E-state index contributed by atoms with van der Waals surface area (Å²) in [5.41, 5.74) is 5.36. The lowest BCUT2D eigenvalue weighted by atomic mass is 10.4. The van der Waals surface area contributed by atoms with Crippen molar-refractivity contribution in [3.8, 4) is 0 Å². The number of nitrogens with two attached hydrogens (primary N) is 1. The fraction of sp³-hybridized carbons (Fsp3) is 1.00. The molecule has 0 heterocycles. The van der Waals surface area contributed by atoms with Crippen molar-refractivity contribution >= 4 is 0 Å². The van der Waals surface area contributed by atoms with Gasteiger partial charge >= 0.3 is 0 Å². The largest absolute Gasteiger partial charge is 0.316 e. The third-order valence-corrected chi connectivity index (χ3v) is 0.811. The minimum Gasteiger partial charge on any atom is -0.316 e. The Hall–Kier alpha value is -0.0800. The first kappa shape index (κ1) is 10.8. The molecule has 0 aromatic heterocycles. The molecule has 0 rings (SSSR count). The number of hydrogen-bond donors (Lipinski definition) is 2. The van der Waals surface area contributed by atoms with Gasteiger partial charge in [0.1, 0.15) is 0 Å². The molecule has 0 bridgehead atoms. The van der Waals surface area contributed by atoms with Gasteiger partial charge in [-0.3, -0.25) is 0 Å². The lowest BCUT2D eigenvalue weighted by Gasteiger charge is -2.02. The van der Waals surface area contributed by atoms with Gasteiger partial charge in [-0.25, -0.2) is 0 Å². The molecule has 3 N–H and O–H groups in total. The second-order valence-electron chi connectivity index (χ2n) is 1.30. The van der Waals surface area contributed by atoms with Crippen LogP contribution in [0.3, 0.4) is 0 Å². The monoisotopic (exact) mass is 118 g/mol. The highest BCUT2D eigenvalue weighted by Gasteiger charge is 1.86. The van der Waals surface area contributed by atoms with E-state index in [4.69, 9.17) is 5.73 Å². The molecular weight excluding hydrogens is 100 g/mol. The Morgan fingerprint density at radius 1 is 1.50 bits per heavy atom. The predicted octanol–water partition coefficient (Wildman–Crippen LogP) is 0.927. The van der Waals surface area contributed by atoms with Crippen molar-refractivity contribution in [1.82, 2.24) is 5.32 Å². The molecule has 0 saturated carbocycles. The van der Waals surface area contributed by atoms with Crippen molar-refractivity contribution in [2.24, 2.45) is 5.73 Å². The third-order valence-electron chi connectivity index (χ3n) is 0.811. The topological polar surface area (TPSA) is 38.0 Å². The summed E-state index contributed by atoms with van der Waals surface area (Å²) in [7, 11) is 1.86. The Balaban J connectivity index is 0. The smallest absolute Gasteiger partial charge is 0.0541 e. The maximum atomic E-state index is 5.36. The van der Waals surface area contributed by atoms with Gasteiger partial charge in [0.2, 0.25) is 0 Å². The molecule has 0 spiro atoms. The summed E-state index contributed by atoms with van der Waals surface area (Å²) in [6.07, 6.45) is 1.18. The van der Waals surface area contributed by atoms with E-state index in [1.54, 1.807) is 0 Å². The lowest BCUT2D eigenvalue weighted by Crippen LogP contribution is -2.33. The van der Waals surface area contributed by atoms with Crippen LogP contribution in [0, 0.1) is 0 Å². The van der Waals surface area contributed by atoms with Crippen LogP contribution in [-0.4, -0.2) is 13.2 Å². The fourth-order valence-corrected chi connectivity index (χ4v) is 0.204. The lowest BCUT2D eigenvalue weighted by molar-refractivity contribution is 0.568. The average molecular weight is 118 g/mol. The van der Waals surface area contributed by atoms with Gasteiger partial charge in [0.15, 0.2) is 0 Å². The summed E-state index contributed by atoms with van der Waals surface area (Å²) in [5, 5.41) is 2.89. The van der Waals surface area contributed by atoms with Gasteiger partial charge < -0.3 is 11.1 Å². The average Bonchev–Trinajstić information content (AvgIpc) is 1.91. The first-order valence-corrected chi connectivity index (χ1v) is 3.24. The van der Waals surface area contributed by atoms with Gasteiger partial charge in [-0.15, -0.1) is 0 Å². The van der Waals surface area contributed by atoms with E-state index in [9.17, 15) is 0 Å². The van der Waals surface area contributed by atoms with Crippen LogP contribution < -0.4 is 11.1 Å². The number of rotatable bonds is 2. The second kappa shape index (κ2) is 10.0. The SMILES string of the molecule is CC.CCC(N)NC. The van der Waals surface area contributed by atoms with Gasteiger partial charge in [-0.1, -0.05) is 20.8 Å². The summed E-state index contributed by atoms with van der Waals surface area (Å²) in [6.45, 7) is 6.04. The fourth-order valence-electron chi connectivity index (χ4n) is 0.204. The Kier molecular flexibility index (Phi) is 13.6. The Morgan fingerprint density at radius 3 is 1.88 bits per heavy atom. The van der Waals surface area contributed by atoms with Crippen LogP contribution in [0.5, 0.6) is 0 Å². The molecule has 2 nitrogen and oxygen atoms in total. The first-order valence-electron chi connectivity index (χ1n) is 3.24. The van der Waals surface area contributed by atoms with Crippen LogP contribution in [0.15, 0.2) is 0 Å². The maximum absolute atomic E-state index is 5.36. The molecule has 0 fully saturated rings. The van der Waals surface area contributed by atoms with Gasteiger partial charge in [-0.2, -0.15) is 0 Å². The second-order valence-corrected chi connectivity index (χ2v) is 1.30. The van der Waals surface area contributed by atoms with E-state index in [0.717, 1.165) is 6.42 Å². The third kappa shape index (κ3) is 9.33. The number of hydrogen-bond acceptors (Lipinski definition) is 2. The molecule has 0 aromatic carbocycles. The quantitative estimate of drug-likeness (QED) is 0.529. The van der Waals surface area contributed by atoms with E-state index in [2.05, 4.69) is 5.32 Å². The molecule has 0 aromatic rings. The van der Waals surface area contributed by atoms with Crippen LogP contribution in [0.1, 0.15) is 27.2 Å². The van der Waals surface area contributed by atoms with Crippen molar-refractivity contribution in [2.75, 3.05) is 7.05 Å². The van der Waals surface area contributed by atoms with E-state index in [0.29, 0.717) is 0 Å². The zero-order chi connectivity index (χ0) is 6.99. The molecular formula is C6H18N2. The minimum atomic E-state index is 0.185. The van der Waals surface area contributed by atoms with Crippen LogP contribution in [-0.2, 0) is 0 Å². The van der Waals surface area contributed by atoms with E-state index in [1.807, 2.05) is 27.8 Å². The summed E-state index contributed by atoms with van der Waals surface area (Å²) in [4.78, 5) is 0. The molecule has 0 saturated heterocycles. The maximum Gasteiger partial charge on any atom is 0.0541 e. The normalized spacial score (nSPS) is 11.6. The molecule has 2 heteroatoms. The van der Waals surface area contributed by atoms with Gasteiger partial charge in [0.05, 0.1) is 6.17 Å². The molecule has 0 amide bonds. The van der Waals surface area contributed by atoms with Crippen LogP contribution in [0.25, 0.3) is 0 Å². The molecule has 0 aliphatic heterocycles. The van der Waals surface area contributed by atoms with Crippen molar-refractivity contribution in [3.63, 3.8) is 0 Å². The van der Waals surface area contributed by atoms with Crippen molar-refractivity contribution < 1.29 is 0 Å². The van der Waals surface area contributed by atoms with Gasteiger partial charge in [-0.05, 0) is 13.5 Å². The Labute approximate surface area is 52.5 Å². The number of nitrogens with one attached hydrogen (secondary N) is 1. The van der Waals surface area contributed by atoms with E-state index >= 15 is 0 Å². The van der Waals surface area contributed by atoms with Crippen LogP contribution in [0.2, 0.25) is 0 Å². The minimum absolute atomic E-state index is 0.185. The zero-order valence-corrected chi connectivity index (χ0v) is 6.36. The van der Waals surface area contributed by atoms with Crippen LogP contribution in [0.4, 0.5) is 0 Å². The summed E-state index contributed by atoms with van der Waals surface area (Å²) in [6, 6.07) is 0. The Bertz CT molecular complexity index is 25.7. The standard InChI is InChI=1S/C4H12N2.C2H6/c1-3-4(5)6-2;1-2/h4,6H,3,5H2,1-2H3;1-2H3. The van der Waals surface area contributed by atoms with Gasteiger partial charge in [0, 0.05) is 0 Å². The summed E-state index contributed by atoms with van der Waals surface area (Å²) < 4.78 is 0. The van der Waals surface area contributed by atoms with Crippen molar-refractivity contribution in [3.05, 3.63) is 0 Å². The summed E-state index contributed by atoms with van der Waals surface area (Å²) in [5.74, 6) is 0. The first-order chi connectivity index (χ1) is 3.81. The highest BCUT2D eigenvalue weighted by molar-refractivity contribution is 4.46. The van der Waals surface area contributed by atoms with Gasteiger partial charge in [0.25, 0.3) is 0 Å². The predicted molar refractivity (Wildman–Crippen MR) is 38.7 cm³/mol. The highest BCUT2D eigenvalue weighted by atomic mass is 15.0. The molecule has 0 aliphatic carbocycles. The van der Waals surface area contributed by atoms with Crippen molar-refractivity contribution in [1.29, 1.82) is 0 Å². The molecule has 0 aliphatic rings.